The van der Waals surface area contributed by atoms with Crippen molar-refractivity contribution in [2.24, 2.45) is 0 Å². The van der Waals surface area contributed by atoms with Gasteiger partial charge >= 0.3 is 18.2 Å². The molecule has 9 heteroatoms. The van der Waals surface area contributed by atoms with Crippen LogP contribution in [0.3, 0.4) is 0 Å². The van der Waals surface area contributed by atoms with E-state index in [0.29, 0.717) is 0 Å². The number of carboxylic acid groups (broad SMARTS) is 1. The van der Waals surface area contributed by atoms with Crippen LogP contribution in [-0.2, 0) is 11.0 Å². The fraction of sp³-hybridized carbons (Fsp3) is 0.429. The summed E-state index contributed by atoms with van der Waals surface area (Å²) in [6.07, 6.45) is -4.65. The van der Waals surface area contributed by atoms with Crippen LogP contribution in [0.2, 0.25) is 0 Å². The molecule has 1 aromatic rings. The largest absolute Gasteiger partial charge is 0.481 e. The molecule has 0 aliphatic heterocycles. The number of benzene rings is 1. The highest BCUT2D eigenvalue weighted by Crippen LogP contribution is 2.36. The number of aliphatic carboxylic acids is 1. The first-order chi connectivity index (χ1) is 10.4. The molecule has 0 spiro atoms. The maximum absolute atomic E-state index is 13.0. The molecule has 0 saturated carbocycles. The van der Waals surface area contributed by atoms with Crippen LogP contribution in [0.1, 0.15) is 32.3 Å². The second kappa shape index (κ2) is 7.20. The van der Waals surface area contributed by atoms with Gasteiger partial charge in [0.2, 0.25) is 0 Å². The van der Waals surface area contributed by atoms with Crippen LogP contribution in [0, 0.1) is 0 Å². The Balaban J connectivity index is 2.84. The molecule has 0 unspecified atom stereocenters. The Bertz CT molecular complexity index is 603. The predicted molar refractivity (Wildman–Crippen MR) is 82.2 cm³/mol. The van der Waals surface area contributed by atoms with Crippen LogP contribution < -0.4 is 10.6 Å². The third-order valence-electron chi connectivity index (χ3n) is 2.95. The van der Waals surface area contributed by atoms with Gasteiger partial charge in [0.05, 0.1) is 11.3 Å². The van der Waals surface area contributed by atoms with E-state index in [2.05, 4.69) is 26.6 Å². The average molecular weight is 397 g/mol. The molecule has 3 N–H and O–H groups in total. The Hall–Kier alpha value is -1.77. The summed E-state index contributed by atoms with van der Waals surface area (Å²) in [4.78, 5) is 22.4. The number of carbonyl (C=O) groups excluding carboxylic acids is 1. The topological polar surface area (TPSA) is 78.4 Å². The van der Waals surface area contributed by atoms with Crippen molar-refractivity contribution in [3.05, 3.63) is 28.2 Å². The average Bonchev–Trinajstić information content (AvgIpc) is 2.37. The van der Waals surface area contributed by atoms with E-state index in [1.54, 1.807) is 13.8 Å². The van der Waals surface area contributed by atoms with Gasteiger partial charge in [-0.1, -0.05) is 15.9 Å². The van der Waals surface area contributed by atoms with Gasteiger partial charge in [-0.3, -0.25) is 4.79 Å². The van der Waals surface area contributed by atoms with Crippen LogP contribution in [-0.4, -0.2) is 22.6 Å². The summed E-state index contributed by atoms with van der Waals surface area (Å²) in [5, 5.41) is 13.3. The van der Waals surface area contributed by atoms with Crippen molar-refractivity contribution >= 4 is 33.6 Å². The highest BCUT2D eigenvalue weighted by atomic mass is 79.9. The lowest BCUT2D eigenvalue weighted by Gasteiger charge is -2.26. The van der Waals surface area contributed by atoms with Crippen molar-refractivity contribution in [3.8, 4) is 0 Å². The van der Waals surface area contributed by atoms with E-state index >= 15 is 0 Å². The predicted octanol–water partition coefficient (Wildman–Crippen LogP) is 4.23. The van der Waals surface area contributed by atoms with Crippen LogP contribution in [0.25, 0.3) is 0 Å². The molecular formula is C14H16BrF3N2O3. The van der Waals surface area contributed by atoms with E-state index in [9.17, 15) is 22.8 Å². The van der Waals surface area contributed by atoms with Crippen molar-refractivity contribution in [1.29, 1.82) is 0 Å². The molecular weight excluding hydrogens is 381 g/mol. The SMILES string of the molecule is CC(C)(CCC(=O)O)NC(=O)Nc1ccc(Br)cc1C(F)(F)F. The quantitative estimate of drug-likeness (QED) is 0.696. The fourth-order valence-corrected chi connectivity index (χ4v) is 2.16. The monoisotopic (exact) mass is 396 g/mol. The molecule has 0 saturated heterocycles. The van der Waals surface area contributed by atoms with Gasteiger partial charge < -0.3 is 15.7 Å². The molecule has 128 valence electrons. The summed E-state index contributed by atoms with van der Waals surface area (Å²) in [6.45, 7) is 3.17. The minimum Gasteiger partial charge on any atom is -0.481 e. The molecule has 0 aliphatic carbocycles. The third-order valence-corrected chi connectivity index (χ3v) is 3.44. The van der Waals surface area contributed by atoms with Gasteiger partial charge in [0, 0.05) is 16.4 Å². The number of nitrogens with one attached hydrogen (secondary N) is 2. The third kappa shape index (κ3) is 6.47. The molecule has 5 nitrogen and oxygen atoms in total. The minimum atomic E-state index is -4.62. The van der Waals surface area contributed by atoms with E-state index in [0.717, 1.165) is 12.1 Å². The first kappa shape index (κ1) is 19.3. The van der Waals surface area contributed by atoms with Crippen LogP contribution in [0.15, 0.2) is 22.7 Å². The van der Waals surface area contributed by atoms with Gasteiger partial charge in [-0.05, 0) is 38.5 Å². The van der Waals surface area contributed by atoms with E-state index < -0.39 is 29.3 Å². The molecule has 23 heavy (non-hydrogen) atoms. The molecule has 0 radical (unpaired) electrons. The zero-order valence-electron chi connectivity index (χ0n) is 12.4. The summed E-state index contributed by atoms with van der Waals surface area (Å²) in [5.41, 5.74) is -2.24. The second-order valence-corrected chi connectivity index (χ2v) is 6.46. The van der Waals surface area contributed by atoms with Crippen molar-refractivity contribution in [1.82, 2.24) is 5.32 Å². The molecule has 0 atom stereocenters. The summed E-state index contributed by atoms with van der Waals surface area (Å²) in [5.74, 6) is -1.02. The number of amides is 2. The van der Waals surface area contributed by atoms with Crippen molar-refractivity contribution < 1.29 is 27.9 Å². The van der Waals surface area contributed by atoms with Gasteiger partial charge in [-0.15, -0.1) is 0 Å². The second-order valence-electron chi connectivity index (χ2n) is 5.54. The molecule has 1 rings (SSSR count). The van der Waals surface area contributed by atoms with Gasteiger partial charge in [-0.25, -0.2) is 4.79 Å². The Morgan fingerprint density at radius 3 is 2.39 bits per heavy atom. The number of carbonyl (C=O) groups is 2. The van der Waals surface area contributed by atoms with E-state index in [1.165, 1.54) is 6.07 Å². The zero-order valence-corrected chi connectivity index (χ0v) is 14.0. The van der Waals surface area contributed by atoms with Crippen LogP contribution in [0.5, 0.6) is 0 Å². The maximum Gasteiger partial charge on any atom is 0.418 e. The lowest BCUT2D eigenvalue weighted by atomic mass is 9.99. The normalized spacial score (nSPS) is 11.9. The standard InChI is InChI=1S/C14H16BrF3N2O3/c1-13(2,6-5-11(21)22)20-12(23)19-10-4-3-8(15)7-9(10)14(16,17)18/h3-4,7H,5-6H2,1-2H3,(H,21,22)(H2,19,20,23). The number of rotatable bonds is 5. The van der Waals surface area contributed by atoms with E-state index in [1.807, 2.05) is 0 Å². The smallest absolute Gasteiger partial charge is 0.418 e. The lowest BCUT2D eigenvalue weighted by molar-refractivity contribution is -0.138. The molecule has 0 fully saturated rings. The number of hydrogen-bond acceptors (Lipinski definition) is 2. The van der Waals surface area contributed by atoms with Crippen molar-refractivity contribution in [3.63, 3.8) is 0 Å². The van der Waals surface area contributed by atoms with Crippen molar-refractivity contribution in [2.75, 3.05) is 5.32 Å². The zero-order chi connectivity index (χ0) is 17.8. The van der Waals surface area contributed by atoms with Crippen LogP contribution >= 0.6 is 15.9 Å². The van der Waals surface area contributed by atoms with Gasteiger partial charge in [0.15, 0.2) is 0 Å². The molecule has 0 aromatic heterocycles. The van der Waals surface area contributed by atoms with Gasteiger partial charge in [-0.2, -0.15) is 13.2 Å². The van der Waals surface area contributed by atoms with Gasteiger partial charge in [0.25, 0.3) is 0 Å². The molecule has 1 aromatic carbocycles. The molecule has 0 heterocycles. The number of alkyl halides is 3. The number of halogens is 4. The van der Waals surface area contributed by atoms with Crippen molar-refractivity contribution in [2.45, 2.75) is 38.4 Å². The van der Waals surface area contributed by atoms with E-state index in [-0.39, 0.29) is 23.0 Å². The number of urea groups is 1. The number of hydrogen-bond donors (Lipinski definition) is 3. The summed E-state index contributed by atoms with van der Waals surface area (Å²) < 4.78 is 39.1. The van der Waals surface area contributed by atoms with E-state index in [4.69, 9.17) is 5.11 Å². The number of anilines is 1. The first-order valence-corrected chi connectivity index (χ1v) is 7.38. The Kier molecular flexibility index (Phi) is 6.04. The number of carboxylic acids is 1. The molecule has 2 amide bonds. The minimum absolute atomic E-state index is 0.141. The maximum atomic E-state index is 13.0. The molecule has 0 bridgehead atoms. The lowest BCUT2D eigenvalue weighted by Crippen LogP contribution is -2.46. The Morgan fingerprint density at radius 1 is 1.26 bits per heavy atom. The van der Waals surface area contributed by atoms with Gasteiger partial charge in [0.1, 0.15) is 0 Å². The first-order valence-electron chi connectivity index (χ1n) is 6.58. The summed E-state index contributed by atoms with van der Waals surface area (Å²) >= 11 is 2.95. The Labute approximate surface area is 139 Å². The highest BCUT2D eigenvalue weighted by Gasteiger charge is 2.34. The fourth-order valence-electron chi connectivity index (χ4n) is 1.80. The molecule has 0 aliphatic rings. The summed E-state index contributed by atoms with van der Waals surface area (Å²) in [7, 11) is 0. The highest BCUT2D eigenvalue weighted by molar-refractivity contribution is 9.10. The summed E-state index contributed by atoms with van der Waals surface area (Å²) in [6, 6.07) is 2.54. The Morgan fingerprint density at radius 2 is 1.87 bits per heavy atom. The van der Waals surface area contributed by atoms with Crippen LogP contribution in [0.4, 0.5) is 23.7 Å².